The van der Waals surface area contributed by atoms with E-state index in [0.717, 1.165) is 15.6 Å². The fourth-order valence-electron chi connectivity index (χ4n) is 2.39. The molecule has 0 aliphatic heterocycles. The van der Waals surface area contributed by atoms with Crippen LogP contribution in [-0.2, 0) is 16.8 Å². The molecule has 0 atom stereocenters. The van der Waals surface area contributed by atoms with E-state index in [9.17, 15) is 9.59 Å². The lowest BCUT2D eigenvalue weighted by Gasteiger charge is -2.26. The second-order valence-corrected chi connectivity index (χ2v) is 7.61. The lowest BCUT2D eigenvalue weighted by Crippen LogP contribution is -2.45. The second kappa shape index (κ2) is 9.38. The molecular formula is C20H24BrN3O2. The largest absolute Gasteiger partial charge is 0.350 e. The summed E-state index contributed by atoms with van der Waals surface area (Å²) in [7, 11) is 0. The Morgan fingerprint density at radius 2 is 1.69 bits per heavy atom. The van der Waals surface area contributed by atoms with Crippen LogP contribution in [0.4, 0.5) is 4.79 Å². The number of urea groups is 1. The Morgan fingerprint density at radius 1 is 0.962 bits per heavy atom. The summed E-state index contributed by atoms with van der Waals surface area (Å²) in [6.45, 7) is 4.96. The van der Waals surface area contributed by atoms with Gasteiger partial charge in [-0.25, -0.2) is 4.79 Å². The molecule has 3 amide bonds. The molecule has 0 bridgehead atoms. The molecule has 0 fully saturated rings. The molecule has 0 spiro atoms. The number of nitrogens with one attached hydrogen (secondary N) is 3. The molecule has 2 aromatic carbocycles. The molecule has 0 aliphatic rings. The molecule has 0 heterocycles. The summed E-state index contributed by atoms with van der Waals surface area (Å²) in [5, 5.41) is 8.18. The first kappa shape index (κ1) is 20.0. The minimum absolute atomic E-state index is 0.0595. The summed E-state index contributed by atoms with van der Waals surface area (Å²) in [5.74, 6) is -0.227. The van der Waals surface area contributed by atoms with Crippen LogP contribution in [-0.4, -0.2) is 25.0 Å². The maximum Gasteiger partial charge on any atom is 0.315 e. The normalized spacial score (nSPS) is 10.9. The van der Waals surface area contributed by atoms with Crippen LogP contribution in [0.15, 0.2) is 59.1 Å². The highest BCUT2D eigenvalue weighted by Gasteiger charge is 2.21. The highest BCUT2D eigenvalue weighted by atomic mass is 79.9. The van der Waals surface area contributed by atoms with Gasteiger partial charge in [0.25, 0.3) is 0 Å². The number of halogens is 1. The van der Waals surface area contributed by atoms with Gasteiger partial charge in [-0.05, 0) is 23.3 Å². The fourth-order valence-corrected chi connectivity index (χ4v) is 2.79. The van der Waals surface area contributed by atoms with E-state index in [1.54, 1.807) is 0 Å². The Hall–Kier alpha value is -2.34. The predicted octanol–water partition coefficient (Wildman–Crippen LogP) is 3.34. The van der Waals surface area contributed by atoms with E-state index in [1.165, 1.54) is 0 Å². The monoisotopic (exact) mass is 417 g/mol. The average Bonchev–Trinajstić information content (AvgIpc) is 2.64. The number of hydrogen-bond donors (Lipinski definition) is 3. The van der Waals surface area contributed by atoms with Crippen LogP contribution in [0.25, 0.3) is 0 Å². The molecule has 2 aromatic rings. The molecule has 138 valence electrons. The number of amides is 3. The third-order valence-corrected chi connectivity index (χ3v) is 4.53. The van der Waals surface area contributed by atoms with Gasteiger partial charge in [0, 0.05) is 23.0 Å². The Labute approximate surface area is 162 Å². The van der Waals surface area contributed by atoms with Gasteiger partial charge in [0.1, 0.15) is 0 Å². The first-order chi connectivity index (χ1) is 12.4. The highest BCUT2D eigenvalue weighted by molar-refractivity contribution is 9.10. The van der Waals surface area contributed by atoms with Crippen molar-refractivity contribution in [1.82, 2.24) is 16.0 Å². The van der Waals surface area contributed by atoms with Crippen LogP contribution < -0.4 is 16.0 Å². The van der Waals surface area contributed by atoms with Gasteiger partial charge in [-0.3, -0.25) is 4.79 Å². The predicted molar refractivity (Wildman–Crippen MR) is 107 cm³/mol. The molecular weight excluding hydrogens is 394 g/mol. The Bertz CT molecular complexity index is 748. The molecule has 0 unspecified atom stereocenters. The fraction of sp³-hybridized carbons (Fsp3) is 0.300. The van der Waals surface area contributed by atoms with E-state index in [2.05, 4.69) is 45.7 Å². The van der Waals surface area contributed by atoms with Crippen molar-refractivity contribution < 1.29 is 9.59 Å². The lowest BCUT2D eigenvalue weighted by atomic mass is 9.85. The summed E-state index contributed by atoms with van der Waals surface area (Å²) in [6, 6.07) is 17.3. The van der Waals surface area contributed by atoms with Crippen LogP contribution in [0.2, 0.25) is 0 Å². The standard InChI is InChI=1S/C20H24BrN3O2/c1-20(2,16-9-6-10-17(21)11-16)14-24-19(26)23-13-18(25)22-12-15-7-4-3-5-8-15/h3-11H,12-14H2,1-2H3,(H,22,25)(H2,23,24,26). The van der Waals surface area contributed by atoms with E-state index < -0.39 is 0 Å². The van der Waals surface area contributed by atoms with Crippen LogP contribution in [0.5, 0.6) is 0 Å². The number of rotatable bonds is 7. The first-order valence-electron chi connectivity index (χ1n) is 8.45. The van der Waals surface area contributed by atoms with Crippen molar-refractivity contribution in [2.75, 3.05) is 13.1 Å². The van der Waals surface area contributed by atoms with Gasteiger partial charge >= 0.3 is 6.03 Å². The van der Waals surface area contributed by atoms with E-state index in [0.29, 0.717) is 13.1 Å². The van der Waals surface area contributed by atoms with Crippen molar-refractivity contribution in [1.29, 1.82) is 0 Å². The summed E-state index contributed by atoms with van der Waals surface area (Å²) in [4.78, 5) is 23.8. The summed E-state index contributed by atoms with van der Waals surface area (Å²) in [5.41, 5.74) is 1.91. The van der Waals surface area contributed by atoms with E-state index in [1.807, 2.05) is 54.6 Å². The van der Waals surface area contributed by atoms with Gasteiger partial charge < -0.3 is 16.0 Å². The number of carbonyl (C=O) groups is 2. The molecule has 0 aromatic heterocycles. The van der Waals surface area contributed by atoms with Gasteiger partial charge in [-0.15, -0.1) is 0 Å². The second-order valence-electron chi connectivity index (χ2n) is 6.69. The van der Waals surface area contributed by atoms with E-state index in [-0.39, 0.29) is 23.9 Å². The van der Waals surface area contributed by atoms with Crippen LogP contribution in [0, 0.1) is 0 Å². The zero-order valence-electron chi connectivity index (χ0n) is 15.0. The molecule has 2 rings (SSSR count). The number of hydrogen-bond acceptors (Lipinski definition) is 2. The summed E-state index contributed by atoms with van der Waals surface area (Å²) in [6.07, 6.45) is 0. The van der Waals surface area contributed by atoms with Crippen molar-refractivity contribution in [3.63, 3.8) is 0 Å². The first-order valence-corrected chi connectivity index (χ1v) is 9.24. The SMILES string of the molecule is CC(C)(CNC(=O)NCC(=O)NCc1ccccc1)c1cccc(Br)c1. The number of carbonyl (C=O) groups excluding carboxylic acids is 2. The molecule has 0 saturated heterocycles. The van der Waals surface area contributed by atoms with Crippen molar-refractivity contribution >= 4 is 27.9 Å². The van der Waals surface area contributed by atoms with E-state index >= 15 is 0 Å². The zero-order chi connectivity index (χ0) is 19.0. The van der Waals surface area contributed by atoms with Crippen LogP contribution >= 0.6 is 15.9 Å². The van der Waals surface area contributed by atoms with Crippen molar-refractivity contribution in [3.05, 3.63) is 70.2 Å². The van der Waals surface area contributed by atoms with Crippen LogP contribution in [0.1, 0.15) is 25.0 Å². The third kappa shape index (κ3) is 6.52. The van der Waals surface area contributed by atoms with Crippen LogP contribution in [0.3, 0.4) is 0 Å². The molecule has 0 saturated carbocycles. The minimum Gasteiger partial charge on any atom is -0.350 e. The average molecular weight is 418 g/mol. The molecule has 6 heteroatoms. The summed E-state index contributed by atoms with van der Waals surface area (Å²) >= 11 is 3.46. The Kier molecular flexibility index (Phi) is 7.21. The highest BCUT2D eigenvalue weighted by Crippen LogP contribution is 2.24. The van der Waals surface area contributed by atoms with Crippen molar-refractivity contribution in [2.24, 2.45) is 0 Å². The molecule has 0 aliphatic carbocycles. The zero-order valence-corrected chi connectivity index (χ0v) is 16.6. The Balaban J connectivity index is 1.72. The Morgan fingerprint density at radius 3 is 2.38 bits per heavy atom. The van der Waals surface area contributed by atoms with Crippen molar-refractivity contribution in [2.45, 2.75) is 25.8 Å². The minimum atomic E-state index is -0.358. The topological polar surface area (TPSA) is 70.2 Å². The van der Waals surface area contributed by atoms with Gasteiger partial charge in [0.15, 0.2) is 0 Å². The number of benzene rings is 2. The van der Waals surface area contributed by atoms with E-state index in [4.69, 9.17) is 0 Å². The van der Waals surface area contributed by atoms with Crippen molar-refractivity contribution in [3.8, 4) is 0 Å². The smallest absolute Gasteiger partial charge is 0.315 e. The molecule has 26 heavy (non-hydrogen) atoms. The lowest BCUT2D eigenvalue weighted by molar-refractivity contribution is -0.120. The quantitative estimate of drug-likeness (QED) is 0.646. The molecule has 0 radical (unpaired) electrons. The summed E-state index contributed by atoms with van der Waals surface area (Å²) < 4.78 is 1.00. The molecule has 5 nitrogen and oxygen atoms in total. The van der Waals surface area contributed by atoms with Gasteiger partial charge in [0.05, 0.1) is 6.54 Å². The van der Waals surface area contributed by atoms with Gasteiger partial charge in [0.2, 0.25) is 5.91 Å². The van der Waals surface area contributed by atoms with Gasteiger partial charge in [-0.2, -0.15) is 0 Å². The maximum atomic E-state index is 12.0. The maximum absolute atomic E-state index is 12.0. The third-order valence-electron chi connectivity index (χ3n) is 4.04. The van der Waals surface area contributed by atoms with Gasteiger partial charge in [-0.1, -0.05) is 72.2 Å². The molecule has 3 N–H and O–H groups in total.